The summed E-state index contributed by atoms with van der Waals surface area (Å²) in [6, 6.07) is 5.76. The minimum absolute atomic E-state index is 0.0942. The van der Waals surface area contributed by atoms with Crippen molar-refractivity contribution in [2.75, 3.05) is 42.3 Å². The third-order valence-electron chi connectivity index (χ3n) is 6.26. The molecule has 9 nitrogen and oxygen atoms in total. The average molecular weight is 576 g/mol. The highest BCUT2D eigenvalue weighted by atomic mass is 35.5. The fraction of sp³-hybridized carbons (Fsp3) is 0.280. The lowest BCUT2D eigenvalue weighted by atomic mass is 9.78. The molecule has 0 radical (unpaired) electrons. The molecule has 5 rings (SSSR count). The molecule has 38 heavy (non-hydrogen) atoms. The summed E-state index contributed by atoms with van der Waals surface area (Å²) >= 11 is 13.4. The second kappa shape index (κ2) is 10.9. The number of morpholine rings is 1. The number of amides is 2. The highest BCUT2D eigenvalue weighted by Crippen LogP contribution is 2.46. The van der Waals surface area contributed by atoms with Crippen LogP contribution in [0.15, 0.2) is 54.4 Å². The average Bonchev–Trinajstić information content (AvgIpc) is 3.36. The van der Waals surface area contributed by atoms with Crippen LogP contribution in [-0.4, -0.2) is 53.5 Å². The van der Waals surface area contributed by atoms with Crippen molar-refractivity contribution in [2.24, 2.45) is 0 Å². The Bertz CT molecular complexity index is 1430. The van der Waals surface area contributed by atoms with Gasteiger partial charge in [0.05, 0.1) is 40.1 Å². The number of rotatable bonds is 5. The van der Waals surface area contributed by atoms with Crippen LogP contribution in [0.25, 0.3) is 11.4 Å². The van der Waals surface area contributed by atoms with Crippen LogP contribution in [0.5, 0.6) is 0 Å². The van der Waals surface area contributed by atoms with Gasteiger partial charge >= 0.3 is 6.03 Å². The minimum atomic E-state index is -1.59. The molecule has 1 saturated heterocycles. The molecule has 0 saturated carbocycles. The van der Waals surface area contributed by atoms with Gasteiger partial charge in [-0.3, -0.25) is 0 Å². The van der Waals surface area contributed by atoms with E-state index in [1.165, 1.54) is 23.5 Å². The van der Waals surface area contributed by atoms with Crippen LogP contribution in [0.2, 0.25) is 10.0 Å². The number of nitrogens with two attached hydrogens (primary N) is 1. The number of hydrogen-bond acceptors (Lipinski definition) is 8. The summed E-state index contributed by atoms with van der Waals surface area (Å²) in [5.41, 5.74) is 6.22. The fourth-order valence-corrected chi connectivity index (χ4v) is 5.82. The monoisotopic (exact) mass is 575 g/mol. The fourth-order valence-electron chi connectivity index (χ4n) is 4.25. The molecule has 0 bridgehead atoms. The number of carbonyl (C=O) groups is 1. The van der Waals surface area contributed by atoms with Gasteiger partial charge in [0, 0.05) is 29.9 Å². The zero-order chi connectivity index (χ0) is 26.9. The predicted octanol–water partition coefficient (Wildman–Crippen LogP) is 5.20. The lowest BCUT2D eigenvalue weighted by Crippen LogP contribution is -2.42. The number of nitrogens with one attached hydrogen (secondary N) is 2. The number of anilines is 3. The number of aromatic nitrogens is 3. The summed E-state index contributed by atoms with van der Waals surface area (Å²) in [5, 5.41) is 6.67. The SMILES string of the molecule is CC1(c2sc(N3CCOCC3)nc2-c2ccnc(N)n2)C=CC=C(NC(=O)Nc2ccc(Cl)c(Cl)c2)C1F. The maximum absolute atomic E-state index is 16.3. The predicted molar refractivity (Wildman–Crippen MR) is 149 cm³/mol. The number of alkyl halides is 1. The lowest BCUT2D eigenvalue weighted by molar-refractivity contribution is 0.122. The van der Waals surface area contributed by atoms with Crippen LogP contribution in [-0.2, 0) is 10.2 Å². The van der Waals surface area contributed by atoms with Gasteiger partial charge in [-0.2, -0.15) is 0 Å². The van der Waals surface area contributed by atoms with Crippen molar-refractivity contribution in [1.82, 2.24) is 20.3 Å². The Kier molecular flexibility index (Phi) is 7.53. The number of allylic oxidation sites excluding steroid dienone is 4. The van der Waals surface area contributed by atoms with E-state index < -0.39 is 17.6 Å². The molecule has 1 aliphatic heterocycles. The number of carbonyl (C=O) groups excluding carboxylic acids is 1. The molecule has 3 aromatic rings. The molecule has 0 spiro atoms. The number of thiazole rings is 1. The van der Waals surface area contributed by atoms with Gasteiger partial charge in [0.1, 0.15) is 5.69 Å². The summed E-state index contributed by atoms with van der Waals surface area (Å²) in [7, 11) is 0. The Labute approximate surface area is 232 Å². The van der Waals surface area contributed by atoms with Gasteiger partial charge in [-0.15, -0.1) is 11.3 Å². The first-order valence-electron chi connectivity index (χ1n) is 11.7. The van der Waals surface area contributed by atoms with E-state index in [2.05, 4.69) is 25.5 Å². The molecule has 2 unspecified atom stereocenters. The molecule has 1 aliphatic carbocycles. The molecule has 2 amide bonds. The molecule has 2 aliphatic rings. The highest BCUT2D eigenvalue weighted by molar-refractivity contribution is 7.16. The topological polar surface area (TPSA) is 118 Å². The van der Waals surface area contributed by atoms with Gasteiger partial charge in [-0.25, -0.2) is 24.1 Å². The zero-order valence-corrected chi connectivity index (χ0v) is 22.6. The number of halogens is 3. The first kappa shape index (κ1) is 26.4. The molecule has 2 atom stereocenters. The summed E-state index contributed by atoms with van der Waals surface area (Å²) in [6.45, 7) is 4.28. The standard InChI is InChI=1S/C25H24Cl2FN7O2S/c1-25(7-2-3-18(20(25)28)33-23(36)31-14-4-5-15(26)16(27)13-14)21-19(17-6-8-30-22(29)32-17)34-24(38-21)35-9-11-37-12-10-35/h2-8,13,20H,9-12H2,1H3,(H2,29,30,32)(H2,31,33,36). The number of urea groups is 1. The van der Waals surface area contributed by atoms with Crippen LogP contribution in [0.4, 0.5) is 26.0 Å². The van der Waals surface area contributed by atoms with E-state index in [0.29, 0.717) is 58.3 Å². The Morgan fingerprint density at radius 3 is 2.74 bits per heavy atom. The van der Waals surface area contributed by atoms with Crippen molar-refractivity contribution >= 4 is 57.3 Å². The second-order valence-corrected chi connectivity index (χ2v) is 10.7. The Hall–Kier alpha value is -3.25. The minimum Gasteiger partial charge on any atom is -0.378 e. The third-order valence-corrected chi connectivity index (χ3v) is 8.37. The maximum atomic E-state index is 16.3. The van der Waals surface area contributed by atoms with Crippen LogP contribution < -0.4 is 21.3 Å². The summed E-state index contributed by atoms with van der Waals surface area (Å²) in [6.07, 6.45) is 4.97. The number of nitrogens with zero attached hydrogens (tertiary/aromatic N) is 4. The van der Waals surface area contributed by atoms with Gasteiger partial charge in [0.2, 0.25) is 5.95 Å². The molecule has 13 heteroatoms. The van der Waals surface area contributed by atoms with Crippen LogP contribution in [0.1, 0.15) is 11.8 Å². The molecule has 1 fully saturated rings. The molecule has 4 N–H and O–H groups in total. The van der Waals surface area contributed by atoms with Crippen molar-refractivity contribution < 1.29 is 13.9 Å². The number of ether oxygens (including phenoxy) is 1. The summed E-state index contributed by atoms with van der Waals surface area (Å²) in [5.74, 6) is 0.0942. The van der Waals surface area contributed by atoms with Crippen molar-refractivity contribution in [2.45, 2.75) is 18.5 Å². The normalized spacial score (nSPS) is 21.2. The van der Waals surface area contributed by atoms with E-state index in [9.17, 15) is 4.79 Å². The van der Waals surface area contributed by atoms with Crippen molar-refractivity contribution in [1.29, 1.82) is 0 Å². The van der Waals surface area contributed by atoms with Crippen LogP contribution in [0.3, 0.4) is 0 Å². The van der Waals surface area contributed by atoms with Crippen molar-refractivity contribution in [3.05, 3.63) is 69.3 Å². The number of benzene rings is 1. The summed E-state index contributed by atoms with van der Waals surface area (Å²) < 4.78 is 21.8. The quantitative estimate of drug-likeness (QED) is 0.382. The maximum Gasteiger partial charge on any atom is 0.323 e. The van der Waals surface area contributed by atoms with E-state index >= 15 is 4.39 Å². The third kappa shape index (κ3) is 5.32. The lowest BCUT2D eigenvalue weighted by Gasteiger charge is -2.33. The molecular weight excluding hydrogens is 552 g/mol. The van der Waals surface area contributed by atoms with Gasteiger partial charge in [0.25, 0.3) is 0 Å². The molecule has 2 aromatic heterocycles. The smallest absolute Gasteiger partial charge is 0.323 e. The Balaban J connectivity index is 1.44. The molecule has 3 heterocycles. The Morgan fingerprint density at radius 1 is 1.21 bits per heavy atom. The van der Waals surface area contributed by atoms with Gasteiger partial charge in [-0.1, -0.05) is 35.4 Å². The highest BCUT2D eigenvalue weighted by Gasteiger charge is 2.43. The van der Waals surface area contributed by atoms with Crippen molar-refractivity contribution in [3.63, 3.8) is 0 Å². The van der Waals surface area contributed by atoms with E-state index in [0.717, 1.165) is 5.13 Å². The molecular formula is C25H24Cl2FN7O2S. The largest absolute Gasteiger partial charge is 0.378 e. The summed E-state index contributed by atoms with van der Waals surface area (Å²) in [4.78, 5) is 28.7. The van der Waals surface area contributed by atoms with E-state index in [4.69, 9.17) is 38.7 Å². The molecule has 1 aromatic carbocycles. The van der Waals surface area contributed by atoms with E-state index in [1.54, 1.807) is 43.5 Å². The van der Waals surface area contributed by atoms with Crippen molar-refractivity contribution in [3.8, 4) is 11.4 Å². The number of hydrogen-bond donors (Lipinski definition) is 3. The first-order valence-corrected chi connectivity index (χ1v) is 13.3. The van der Waals surface area contributed by atoms with E-state index in [1.807, 2.05) is 0 Å². The van der Waals surface area contributed by atoms with E-state index in [-0.39, 0.29) is 11.6 Å². The Morgan fingerprint density at radius 2 is 2.00 bits per heavy atom. The first-order chi connectivity index (χ1) is 18.2. The molecule has 198 valence electrons. The van der Waals surface area contributed by atoms with Gasteiger partial charge in [0.15, 0.2) is 11.3 Å². The van der Waals surface area contributed by atoms with Crippen LogP contribution in [0, 0.1) is 0 Å². The number of nitrogen functional groups attached to an aromatic ring is 1. The van der Waals surface area contributed by atoms with Crippen LogP contribution >= 0.6 is 34.5 Å². The second-order valence-electron chi connectivity index (χ2n) is 8.91. The zero-order valence-electron chi connectivity index (χ0n) is 20.2. The van der Waals surface area contributed by atoms with Gasteiger partial charge < -0.3 is 26.0 Å². The van der Waals surface area contributed by atoms with Gasteiger partial charge in [-0.05, 0) is 37.3 Å².